The zero-order valence-electron chi connectivity index (χ0n) is 21.1. The average molecular weight is 656 g/mol. The molecule has 0 unspecified atom stereocenters. The van der Waals surface area contributed by atoms with Crippen LogP contribution in [0.4, 0.5) is 52.7 Å². The number of esters is 4. The summed E-state index contributed by atoms with van der Waals surface area (Å²) in [5.41, 5.74) is -22.0. The smallest absolute Gasteiger partial charge is 0.386 e. The second-order valence-corrected chi connectivity index (χ2v) is 9.57. The van der Waals surface area contributed by atoms with E-state index in [2.05, 4.69) is 9.47 Å². The summed E-state index contributed by atoms with van der Waals surface area (Å²) in [6.45, 7) is 0. The molecule has 0 bridgehead atoms. The summed E-state index contributed by atoms with van der Waals surface area (Å²) in [6, 6.07) is -0.00933. The van der Waals surface area contributed by atoms with Crippen LogP contribution in [0.15, 0.2) is 48.5 Å². The number of ether oxygens (including phenoxy) is 2. The molecule has 2 aliphatic heterocycles. The van der Waals surface area contributed by atoms with Crippen molar-refractivity contribution in [3.63, 3.8) is 0 Å². The first kappa shape index (κ1) is 31.5. The lowest BCUT2D eigenvalue weighted by molar-refractivity contribution is -0.168. The number of benzene rings is 3. The Morgan fingerprint density at radius 3 is 1.20 bits per heavy atom. The second kappa shape index (κ2) is 9.55. The highest BCUT2D eigenvalue weighted by Gasteiger charge is 2.61. The second-order valence-electron chi connectivity index (χ2n) is 9.57. The Morgan fingerprint density at radius 2 is 0.844 bits per heavy atom. The molecule has 0 amide bonds. The highest BCUT2D eigenvalue weighted by molar-refractivity contribution is 6.16. The third-order valence-corrected chi connectivity index (χ3v) is 7.02. The maximum atomic E-state index is 15.6. The van der Waals surface area contributed by atoms with Gasteiger partial charge in [-0.2, -0.15) is 52.7 Å². The lowest BCUT2D eigenvalue weighted by Crippen LogP contribution is -2.45. The van der Waals surface area contributed by atoms with Crippen molar-refractivity contribution in [1.29, 1.82) is 0 Å². The highest BCUT2D eigenvalue weighted by Crippen LogP contribution is 2.55. The van der Waals surface area contributed by atoms with E-state index < -0.39 is 110 Å². The van der Waals surface area contributed by atoms with Gasteiger partial charge in [0.15, 0.2) is 0 Å². The maximum absolute atomic E-state index is 15.6. The van der Waals surface area contributed by atoms with E-state index in [1.165, 1.54) is 0 Å². The van der Waals surface area contributed by atoms with Gasteiger partial charge in [-0.05, 0) is 47.0 Å². The fourth-order valence-corrected chi connectivity index (χ4v) is 5.23. The molecule has 0 saturated heterocycles. The summed E-state index contributed by atoms with van der Waals surface area (Å²) in [5.74, 6) is -7.68. The number of fused-ring (bicyclic) bond motifs is 2. The number of cyclic esters (lactones) is 4. The number of carbonyl (C=O) groups is 4. The van der Waals surface area contributed by atoms with Crippen LogP contribution in [-0.2, 0) is 33.4 Å². The molecule has 0 saturated carbocycles. The predicted molar refractivity (Wildman–Crippen MR) is 120 cm³/mol. The zero-order chi connectivity index (χ0) is 33.7. The van der Waals surface area contributed by atoms with Gasteiger partial charge in [0.1, 0.15) is 5.41 Å². The average Bonchev–Trinajstić information content (AvgIpc) is 3.35. The molecule has 0 aliphatic carbocycles. The first-order valence-corrected chi connectivity index (χ1v) is 11.8. The van der Waals surface area contributed by atoms with Crippen LogP contribution >= 0.6 is 0 Å². The van der Waals surface area contributed by atoms with Crippen LogP contribution in [0.3, 0.4) is 0 Å². The van der Waals surface area contributed by atoms with E-state index in [-0.39, 0.29) is 36.4 Å². The molecule has 3 aromatic carbocycles. The summed E-state index contributed by atoms with van der Waals surface area (Å²) in [6.07, 6.45) is -23.0. The fraction of sp³-hybridized carbons (Fsp3) is 0.185. The molecule has 0 spiro atoms. The van der Waals surface area contributed by atoms with E-state index in [0.29, 0.717) is 12.1 Å². The molecule has 0 atom stereocenters. The van der Waals surface area contributed by atoms with Gasteiger partial charge in [-0.25, -0.2) is 19.2 Å². The SMILES string of the molecule is O=C1OC(=O)c2c1cc(C(c1cccc(C(F)(F)F)c1)(c1cc3c(c(C(F)(F)F)c1)C(=O)OC3=O)C(F)(F)F)cc2C(F)(F)F. The van der Waals surface area contributed by atoms with Crippen molar-refractivity contribution in [1.82, 2.24) is 0 Å². The van der Waals surface area contributed by atoms with Gasteiger partial charge in [0.2, 0.25) is 0 Å². The monoisotopic (exact) mass is 656 g/mol. The number of hydrogen-bond donors (Lipinski definition) is 0. The minimum Gasteiger partial charge on any atom is -0.386 e. The van der Waals surface area contributed by atoms with Gasteiger partial charge in [-0.15, -0.1) is 0 Å². The normalized spacial score (nSPS) is 15.6. The Kier molecular flexibility index (Phi) is 6.69. The van der Waals surface area contributed by atoms with Crippen LogP contribution in [0, 0.1) is 0 Å². The van der Waals surface area contributed by atoms with Gasteiger partial charge in [0, 0.05) is 0 Å². The quantitative estimate of drug-likeness (QED) is 0.128. The van der Waals surface area contributed by atoms with E-state index >= 15 is 13.2 Å². The Balaban J connectivity index is 2.05. The van der Waals surface area contributed by atoms with E-state index in [1.807, 2.05) is 0 Å². The highest BCUT2D eigenvalue weighted by atomic mass is 19.4. The van der Waals surface area contributed by atoms with E-state index in [1.54, 1.807) is 0 Å². The maximum Gasteiger partial charge on any atom is 0.417 e. The molecule has 0 N–H and O–H groups in total. The molecule has 0 aromatic heterocycles. The van der Waals surface area contributed by atoms with Gasteiger partial charge in [0.25, 0.3) is 0 Å². The predicted octanol–water partition coefficient (Wildman–Crippen LogP) is 7.26. The number of alkyl halides is 12. The van der Waals surface area contributed by atoms with Crippen LogP contribution < -0.4 is 0 Å². The molecule has 236 valence electrons. The lowest BCUT2D eigenvalue weighted by atomic mass is 9.66. The Morgan fingerprint density at radius 1 is 0.444 bits per heavy atom. The summed E-state index contributed by atoms with van der Waals surface area (Å²) in [4.78, 5) is 48.6. The summed E-state index contributed by atoms with van der Waals surface area (Å²) in [5, 5.41) is 0. The van der Waals surface area contributed by atoms with Gasteiger partial charge < -0.3 is 9.47 Å². The molecule has 6 nitrogen and oxygen atoms in total. The third kappa shape index (κ3) is 4.78. The van der Waals surface area contributed by atoms with Crippen LogP contribution in [0.25, 0.3) is 0 Å². The van der Waals surface area contributed by atoms with E-state index in [9.17, 15) is 58.7 Å². The van der Waals surface area contributed by atoms with Crippen LogP contribution in [0.2, 0.25) is 0 Å². The number of hydrogen-bond acceptors (Lipinski definition) is 6. The molecule has 0 radical (unpaired) electrons. The standard InChI is InChI=1S/C27H8F12O6/c28-24(29,30)10-3-1-2-9(4-10)23(27(37,38)39,11-5-13-17(21(42)44-19(13)40)15(7-11)25(31,32)33)12-6-14-18(22(43)45-20(14)41)16(8-12)26(34,35)36/h1-8H. The van der Waals surface area contributed by atoms with Crippen LogP contribution in [0.1, 0.15) is 74.8 Å². The topological polar surface area (TPSA) is 86.7 Å². The molecular weight excluding hydrogens is 648 g/mol. The first-order chi connectivity index (χ1) is 20.5. The molecule has 5 rings (SSSR count). The van der Waals surface area contributed by atoms with Crippen molar-refractivity contribution in [2.75, 3.05) is 0 Å². The molecule has 45 heavy (non-hydrogen) atoms. The largest absolute Gasteiger partial charge is 0.417 e. The number of rotatable bonds is 3. The summed E-state index contributed by atoms with van der Waals surface area (Å²) < 4.78 is 181. The molecule has 3 aromatic rings. The van der Waals surface area contributed by atoms with E-state index in [0.717, 1.165) is 0 Å². The molecule has 2 aliphatic rings. The van der Waals surface area contributed by atoms with Crippen LogP contribution in [-0.4, -0.2) is 30.1 Å². The fourth-order valence-electron chi connectivity index (χ4n) is 5.23. The van der Waals surface area contributed by atoms with Gasteiger partial charge in [-0.3, -0.25) is 0 Å². The van der Waals surface area contributed by atoms with Crippen molar-refractivity contribution in [2.24, 2.45) is 0 Å². The van der Waals surface area contributed by atoms with Gasteiger partial charge in [-0.1, -0.05) is 18.2 Å². The Bertz CT molecular complexity index is 1730. The Labute approximate surface area is 240 Å². The van der Waals surface area contributed by atoms with Crippen LogP contribution in [0.5, 0.6) is 0 Å². The molecular formula is C27H8F12O6. The lowest BCUT2D eigenvalue weighted by Gasteiger charge is -2.39. The van der Waals surface area contributed by atoms with Crippen molar-refractivity contribution in [3.05, 3.63) is 104 Å². The number of halogens is 12. The van der Waals surface area contributed by atoms with Crippen molar-refractivity contribution in [2.45, 2.75) is 30.1 Å². The Hall–Kier alpha value is -4.90. The third-order valence-electron chi connectivity index (χ3n) is 7.02. The van der Waals surface area contributed by atoms with Crippen molar-refractivity contribution in [3.8, 4) is 0 Å². The van der Waals surface area contributed by atoms with Gasteiger partial charge >= 0.3 is 48.6 Å². The minimum atomic E-state index is -6.18. The van der Waals surface area contributed by atoms with E-state index in [4.69, 9.17) is 0 Å². The summed E-state index contributed by atoms with van der Waals surface area (Å²) in [7, 11) is 0. The van der Waals surface area contributed by atoms with Crippen molar-refractivity contribution >= 4 is 23.9 Å². The first-order valence-electron chi connectivity index (χ1n) is 11.8. The molecule has 0 fully saturated rings. The van der Waals surface area contributed by atoms with Gasteiger partial charge in [0.05, 0.1) is 38.9 Å². The number of carbonyl (C=O) groups excluding carboxylic acids is 4. The molecule has 2 heterocycles. The molecule has 18 heteroatoms. The van der Waals surface area contributed by atoms with Crippen molar-refractivity contribution < 1.29 is 81.3 Å². The minimum absolute atomic E-state index is 0.00945. The summed E-state index contributed by atoms with van der Waals surface area (Å²) >= 11 is 0. The zero-order valence-corrected chi connectivity index (χ0v) is 21.1.